The molecule has 6 rings (SSSR count). The van der Waals surface area contributed by atoms with Crippen LogP contribution in [0.1, 0.15) is 23.9 Å². The van der Waals surface area contributed by atoms with Gasteiger partial charge in [0.25, 0.3) is 11.8 Å². The molecule has 13 heteroatoms. The van der Waals surface area contributed by atoms with Crippen molar-refractivity contribution in [3.63, 3.8) is 0 Å². The minimum atomic E-state index is -2.05. The maximum absolute atomic E-state index is 13.9. The number of phenolic OH excluding ortho intramolecular Hbond substituents is 1. The zero-order valence-corrected chi connectivity index (χ0v) is 23.1. The van der Waals surface area contributed by atoms with Crippen molar-refractivity contribution in [3.8, 4) is 22.9 Å². The molecule has 0 spiro atoms. The third-order valence-electron chi connectivity index (χ3n) is 8.11. The van der Waals surface area contributed by atoms with Crippen LogP contribution >= 0.6 is 23.2 Å². The van der Waals surface area contributed by atoms with Crippen molar-refractivity contribution in [1.82, 2.24) is 18.8 Å². The first kappa shape index (κ1) is 26.3. The fourth-order valence-corrected chi connectivity index (χ4v) is 7.31. The lowest BCUT2D eigenvalue weighted by Gasteiger charge is -2.49. The number of benzene rings is 2. The minimum Gasteiger partial charge on any atom is -0.508 e. The number of phenols is 1. The van der Waals surface area contributed by atoms with E-state index in [1.54, 1.807) is 36.4 Å². The number of nitrogens with zero attached hydrogens (tertiary/aromatic N) is 4. The van der Waals surface area contributed by atoms with Crippen LogP contribution in [0.2, 0.25) is 0 Å². The van der Waals surface area contributed by atoms with E-state index in [0.29, 0.717) is 11.3 Å². The van der Waals surface area contributed by atoms with Gasteiger partial charge in [-0.15, -0.1) is 23.2 Å². The predicted molar refractivity (Wildman–Crippen MR) is 145 cm³/mol. The number of para-hydroxylation sites is 1. The number of carbonyl (C=O) groups excluding carboxylic acids is 2. The van der Waals surface area contributed by atoms with Gasteiger partial charge in [-0.05, 0) is 17.7 Å². The van der Waals surface area contributed by atoms with Crippen LogP contribution in [0.15, 0.2) is 63.7 Å². The van der Waals surface area contributed by atoms with Gasteiger partial charge in [-0.25, -0.2) is 23.5 Å². The Morgan fingerprint density at radius 1 is 0.950 bits per heavy atom. The number of alkyl halides is 2. The Balaban J connectivity index is 1.67. The number of aromatic hydroxyl groups is 1. The second-order valence-corrected chi connectivity index (χ2v) is 11.2. The number of aromatic nitrogens is 3. The number of allylic oxidation sites excluding steroid dienone is 2. The van der Waals surface area contributed by atoms with Crippen molar-refractivity contribution in [2.24, 2.45) is 0 Å². The Morgan fingerprint density at radius 3 is 2.17 bits per heavy atom. The van der Waals surface area contributed by atoms with Crippen LogP contribution in [0.25, 0.3) is 5.69 Å². The second kappa shape index (κ2) is 8.77. The fourth-order valence-electron chi connectivity index (χ4n) is 6.33. The number of likely N-dealkylation sites (tertiary alicyclic amines) is 1. The molecule has 1 aromatic heterocycles. The average Bonchev–Trinajstić information content (AvgIpc) is 3.28. The topological polar surface area (TPSA) is 125 Å². The molecule has 1 saturated carbocycles. The lowest BCUT2D eigenvalue weighted by molar-refractivity contribution is -0.137. The Morgan fingerprint density at radius 2 is 1.57 bits per heavy atom. The lowest BCUT2D eigenvalue weighted by Crippen LogP contribution is -2.59. The Hall–Kier alpha value is -3.96. The van der Waals surface area contributed by atoms with Gasteiger partial charge in [0.1, 0.15) is 17.2 Å². The second-order valence-electron chi connectivity index (χ2n) is 9.97. The highest BCUT2D eigenvalue weighted by Gasteiger charge is 2.75. The van der Waals surface area contributed by atoms with Crippen molar-refractivity contribution < 1.29 is 24.2 Å². The molecule has 11 nitrogen and oxygen atoms in total. The van der Waals surface area contributed by atoms with E-state index in [0.717, 1.165) is 9.47 Å². The maximum atomic E-state index is 13.9. The Labute approximate surface area is 237 Å². The molecule has 3 aliphatic rings. The van der Waals surface area contributed by atoms with Crippen molar-refractivity contribution in [1.29, 1.82) is 0 Å². The van der Waals surface area contributed by atoms with E-state index in [1.807, 2.05) is 0 Å². The molecule has 1 N–H and O–H groups in total. The van der Waals surface area contributed by atoms with Crippen LogP contribution in [0.4, 0.5) is 0 Å². The minimum absolute atomic E-state index is 0.0147. The SMILES string of the molecule is COc1cc(O)cc(OC)c1[C@H]1C2=CCn3c(=O)n(-c4ccccc4)c(=O)n3[C@@H]2C[C@@]2(Cl)C(=O)N(C)C(=O)[C@@]12Cl. The highest BCUT2D eigenvalue weighted by Crippen LogP contribution is 2.65. The molecule has 0 unspecified atom stereocenters. The summed E-state index contributed by atoms with van der Waals surface area (Å²) >= 11 is 14.4. The van der Waals surface area contributed by atoms with Crippen LogP contribution in [-0.4, -0.2) is 66.8 Å². The van der Waals surface area contributed by atoms with Gasteiger partial charge in [-0.1, -0.05) is 24.3 Å². The molecule has 4 atom stereocenters. The summed E-state index contributed by atoms with van der Waals surface area (Å²) in [5.41, 5.74) is -0.0801. The Bertz CT molecular complexity index is 1720. The monoisotopic (exact) mass is 586 g/mol. The van der Waals surface area contributed by atoms with E-state index in [2.05, 4.69) is 0 Å². The number of hydrogen-bond donors (Lipinski definition) is 1. The molecule has 2 fully saturated rings. The first-order valence-electron chi connectivity index (χ1n) is 12.4. The fraction of sp³-hybridized carbons (Fsp3) is 0.333. The van der Waals surface area contributed by atoms with Gasteiger partial charge in [0.2, 0.25) is 0 Å². The van der Waals surface area contributed by atoms with Gasteiger partial charge >= 0.3 is 11.4 Å². The van der Waals surface area contributed by atoms with Crippen molar-refractivity contribution in [2.75, 3.05) is 21.3 Å². The summed E-state index contributed by atoms with van der Waals surface area (Å²) in [7, 11) is 4.04. The number of rotatable bonds is 4. The molecule has 0 radical (unpaired) electrons. The molecule has 2 amide bonds. The molecular weight excluding hydrogens is 563 g/mol. The number of halogens is 2. The molecule has 1 aliphatic carbocycles. The van der Waals surface area contributed by atoms with Gasteiger partial charge in [0.15, 0.2) is 9.75 Å². The number of fused-ring (bicyclic) bond motifs is 4. The molecule has 2 aromatic carbocycles. The van der Waals surface area contributed by atoms with Crippen LogP contribution in [0.3, 0.4) is 0 Å². The van der Waals surface area contributed by atoms with Crippen molar-refractivity contribution in [2.45, 2.75) is 34.7 Å². The van der Waals surface area contributed by atoms with Crippen molar-refractivity contribution in [3.05, 3.63) is 80.6 Å². The molecule has 40 heavy (non-hydrogen) atoms. The molecule has 3 aromatic rings. The predicted octanol–water partition coefficient (Wildman–Crippen LogP) is 2.15. The van der Waals surface area contributed by atoms with Crippen LogP contribution in [0.5, 0.6) is 17.2 Å². The first-order valence-corrected chi connectivity index (χ1v) is 13.1. The number of imide groups is 1. The zero-order valence-electron chi connectivity index (χ0n) is 21.6. The number of ether oxygens (including phenoxy) is 2. The summed E-state index contributed by atoms with van der Waals surface area (Å²) in [6, 6.07) is 10.2. The summed E-state index contributed by atoms with van der Waals surface area (Å²) in [6.45, 7) is -0.0147. The standard InChI is InChI=1S/C27H24Cl2N4O7/c1-30-22(35)26(28)13-17-16(9-10-31-24(37)32(25(38)33(17)31)14-7-5-4-6-8-14)21(27(26,29)23(30)36)20-18(39-2)11-15(34)12-19(20)40-3/h4-9,11-12,17,21,34H,10,13H2,1-3H3/t17-,21-,26-,27+/m1/s1. The molecule has 0 bridgehead atoms. The van der Waals surface area contributed by atoms with E-state index in [1.165, 1.54) is 42.8 Å². The normalized spacial score (nSPS) is 27.1. The quantitative estimate of drug-likeness (QED) is 0.282. The third kappa shape index (κ3) is 3.13. The summed E-state index contributed by atoms with van der Waals surface area (Å²) < 4.78 is 14.8. The van der Waals surface area contributed by atoms with Crippen molar-refractivity contribution >= 4 is 35.0 Å². The summed E-state index contributed by atoms with van der Waals surface area (Å²) in [5.74, 6) is -2.51. The van der Waals surface area contributed by atoms with E-state index in [-0.39, 0.29) is 35.8 Å². The molecule has 208 valence electrons. The zero-order chi connectivity index (χ0) is 28.7. The highest BCUT2D eigenvalue weighted by molar-refractivity contribution is 6.53. The lowest BCUT2D eigenvalue weighted by atomic mass is 9.64. The van der Waals surface area contributed by atoms with Crippen LogP contribution in [0, 0.1) is 0 Å². The molecule has 2 aliphatic heterocycles. The molecule has 3 heterocycles. The van der Waals surface area contributed by atoms with Gasteiger partial charge < -0.3 is 14.6 Å². The average molecular weight is 587 g/mol. The summed E-state index contributed by atoms with van der Waals surface area (Å²) in [6.07, 6.45) is 1.48. The first-order chi connectivity index (χ1) is 19.0. The third-order valence-corrected chi connectivity index (χ3v) is 9.53. The van der Waals surface area contributed by atoms with Gasteiger partial charge in [-0.3, -0.25) is 14.5 Å². The summed E-state index contributed by atoms with van der Waals surface area (Å²) in [4.78, 5) is 51.5. The highest BCUT2D eigenvalue weighted by atomic mass is 35.5. The van der Waals surface area contributed by atoms with Gasteiger partial charge in [-0.2, -0.15) is 0 Å². The number of amides is 2. The van der Waals surface area contributed by atoms with E-state index in [4.69, 9.17) is 32.7 Å². The van der Waals surface area contributed by atoms with E-state index >= 15 is 0 Å². The number of carbonyl (C=O) groups is 2. The van der Waals surface area contributed by atoms with Crippen LogP contribution < -0.4 is 20.9 Å². The van der Waals surface area contributed by atoms with Crippen LogP contribution in [-0.2, 0) is 16.1 Å². The van der Waals surface area contributed by atoms with E-state index in [9.17, 15) is 24.3 Å². The smallest absolute Gasteiger partial charge is 0.352 e. The van der Waals surface area contributed by atoms with Gasteiger partial charge in [0.05, 0.1) is 32.5 Å². The maximum Gasteiger partial charge on any atom is 0.352 e. The Kier molecular flexibility index (Phi) is 5.76. The van der Waals surface area contributed by atoms with Gasteiger partial charge in [0, 0.05) is 37.1 Å². The largest absolute Gasteiger partial charge is 0.508 e. The molecule has 1 saturated heterocycles. The number of hydrogen-bond acceptors (Lipinski definition) is 7. The number of methoxy groups -OCH3 is 2. The summed E-state index contributed by atoms with van der Waals surface area (Å²) in [5, 5.41) is 10.3. The van der Waals surface area contributed by atoms with E-state index < -0.39 is 44.9 Å². The molecular formula is C27H24Cl2N4O7.